The number of amides is 1. The molecule has 1 aromatic rings. The summed E-state index contributed by atoms with van der Waals surface area (Å²) in [7, 11) is -1.88. The van der Waals surface area contributed by atoms with E-state index < -0.39 is 8.32 Å². The van der Waals surface area contributed by atoms with Crippen LogP contribution in [0.3, 0.4) is 0 Å². The van der Waals surface area contributed by atoms with Crippen molar-refractivity contribution >= 4 is 42.5 Å². The van der Waals surface area contributed by atoms with Crippen LogP contribution in [-0.2, 0) is 15.6 Å². The molecule has 1 saturated heterocycles. The van der Waals surface area contributed by atoms with Gasteiger partial charge in [-0.25, -0.2) is 0 Å². The molecule has 0 unspecified atom stereocenters. The van der Waals surface area contributed by atoms with Gasteiger partial charge in [0.1, 0.15) is 4.32 Å². The number of thiocarbonyl (C=S) groups is 1. The van der Waals surface area contributed by atoms with Crippen molar-refractivity contribution in [3.63, 3.8) is 0 Å². The van der Waals surface area contributed by atoms with Gasteiger partial charge in [-0.2, -0.15) is 0 Å². The fourth-order valence-corrected chi connectivity index (χ4v) is 5.76. The van der Waals surface area contributed by atoms with Crippen molar-refractivity contribution in [3.8, 4) is 0 Å². The zero-order valence-corrected chi connectivity index (χ0v) is 19.4. The number of nitrogens with zero attached hydrogens (tertiary/aromatic N) is 1. The first-order valence-electron chi connectivity index (χ1n) is 9.22. The van der Waals surface area contributed by atoms with Crippen molar-refractivity contribution in [1.29, 1.82) is 0 Å². The minimum atomic E-state index is -1.88. The van der Waals surface area contributed by atoms with Gasteiger partial charge in [0.25, 0.3) is 0 Å². The highest BCUT2D eigenvalue weighted by Gasteiger charge is 2.40. The molecular weight excluding hydrogens is 378 g/mol. The van der Waals surface area contributed by atoms with Gasteiger partial charge in [0.15, 0.2) is 8.32 Å². The summed E-state index contributed by atoms with van der Waals surface area (Å²) < 4.78 is 7.07. The first kappa shape index (κ1) is 21.6. The summed E-state index contributed by atoms with van der Waals surface area (Å²) >= 11 is 7.08. The predicted octanol–water partition coefficient (Wildman–Crippen LogP) is 5.26. The third-order valence-corrected chi connectivity index (χ3v) is 11.5. The van der Waals surface area contributed by atoms with E-state index in [1.807, 2.05) is 30.0 Å². The molecule has 1 aromatic carbocycles. The van der Waals surface area contributed by atoms with Crippen molar-refractivity contribution in [3.05, 3.63) is 35.9 Å². The summed E-state index contributed by atoms with van der Waals surface area (Å²) in [6.07, 6.45) is 1.14. The molecule has 0 N–H and O–H groups in total. The molecule has 1 aliphatic rings. The monoisotopic (exact) mass is 409 g/mol. The SMILES string of the molecule is C[C@@H](CC(=O)N1C(=S)SC[C@@H]1Cc1ccccc1)O[Si](C)(C)C(C)(C)C. The summed E-state index contributed by atoms with van der Waals surface area (Å²) in [5.74, 6) is 0.962. The second kappa shape index (κ2) is 8.55. The molecule has 1 amide bonds. The fourth-order valence-electron chi connectivity index (χ4n) is 2.87. The van der Waals surface area contributed by atoms with Gasteiger partial charge in [0.2, 0.25) is 5.91 Å². The Morgan fingerprint density at radius 3 is 2.54 bits per heavy atom. The maximum absolute atomic E-state index is 13.0. The molecule has 0 saturated carbocycles. The van der Waals surface area contributed by atoms with Crippen LogP contribution in [0.1, 0.15) is 39.7 Å². The number of rotatable bonds is 6. The van der Waals surface area contributed by atoms with Gasteiger partial charge in [-0.1, -0.05) is 75.1 Å². The maximum atomic E-state index is 13.0. The molecule has 0 aliphatic carbocycles. The van der Waals surface area contributed by atoms with Gasteiger partial charge < -0.3 is 4.43 Å². The van der Waals surface area contributed by atoms with Crippen LogP contribution in [0.15, 0.2) is 30.3 Å². The lowest BCUT2D eigenvalue weighted by molar-refractivity contribution is -0.129. The first-order valence-corrected chi connectivity index (χ1v) is 13.5. The van der Waals surface area contributed by atoms with Crippen LogP contribution in [0, 0.1) is 0 Å². The lowest BCUT2D eigenvalue weighted by atomic mass is 10.1. The number of hydrogen-bond donors (Lipinski definition) is 0. The smallest absolute Gasteiger partial charge is 0.230 e. The minimum Gasteiger partial charge on any atom is -0.414 e. The van der Waals surface area contributed by atoms with Crippen LogP contribution in [-0.4, -0.2) is 41.3 Å². The zero-order valence-electron chi connectivity index (χ0n) is 16.7. The third-order valence-electron chi connectivity index (χ3n) is 5.31. The molecule has 2 atom stereocenters. The zero-order chi connectivity index (χ0) is 19.5. The average Bonchev–Trinajstić information content (AvgIpc) is 2.87. The van der Waals surface area contributed by atoms with Crippen molar-refractivity contribution in [1.82, 2.24) is 4.90 Å². The first-order chi connectivity index (χ1) is 12.0. The Morgan fingerprint density at radius 2 is 1.96 bits per heavy atom. The van der Waals surface area contributed by atoms with E-state index in [1.54, 1.807) is 11.8 Å². The van der Waals surface area contributed by atoms with Crippen molar-refractivity contribution in [2.75, 3.05) is 5.75 Å². The molecule has 0 radical (unpaired) electrons. The third kappa shape index (κ3) is 5.41. The Bertz CT molecular complexity index is 643. The Labute approximate surface area is 169 Å². The molecule has 1 heterocycles. The molecule has 0 aromatic heterocycles. The summed E-state index contributed by atoms with van der Waals surface area (Å²) in [5, 5.41) is 0.138. The van der Waals surface area contributed by atoms with E-state index in [9.17, 15) is 4.79 Å². The number of thioether (sulfide) groups is 1. The van der Waals surface area contributed by atoms with E-state index in [0.29, 0.717) is 10.7 Å². The topological polar surface area (TPSA) is 29.5 Å². The Morgan fingerprint density at radius 1 is 1.35 bits per heavy atom. The minimum absolute atomic E-state index is 0.0887. The van der Waals surface area contributed by atoms with Gasteiger partial charge >= 0.3 is 0 Å². The molecule has 1 aliphatic heterocycles. The molecule has 0 spiro atoms. The van der Waals surface area contributed by atoms with Crippen LogP contribution in [0.25, 0.3) is 0 Å². The molecule has 1 fully saturated rings. The van der Waals surface area contributed by atoms with E-state index >= 15 is 0 Å². The van der Waals surface area contributed by atoms with E-state index in [0.717, 1.165) is 12.2 Å². The van der Waals surface area contributed by atoms with Crippen LogP contribution in [0.5, 0.6) is 0 Å². The molecular formula is C20H31NO2S2Si. The highest BCUT2D eigenvalue weighted by Crippen LogP contribution is 2.38. The summed E-state index contributed by atoms with van der Waals surface area (Å²) in [6, 6.07) is 10.5. The standard InChI is InChI=1S/C20H31NO2S2Si/c1-15(23-26(5,6)20(2,3)4)12-18(22)21-17(14-25-19(21)24)13-16-10-8-7-9-11-16/h7-11,15,17H,12-14H2,1-6H3/t15-,17-/m0/s1. The van der Waals surface area contributed by atoms with E-state index in [-0.39, 0.29) is 23.1 Å². The highest BCUT2D eigenvalue weighted by atomic mass is 32.2. The lowest BCUT2D eigenvalue weighted by Gasteiger charge is -2.38. The van der Waals surface area contributed by atoms with E-state index in [4.69, 9.17) is 16.6 Å². The Balaban J connectivity index is 2.01. The average molecular weight is 410 g/mol. The summed E-state index contributed by atoms with van der Waals surface area (Å²) in [6.45, 7) is 13.1. The van der Waals surface area contributed by atoms with Crippen LogP contribution in [0.4, 0.5) is 0 Å². The molecule has 144 valence electrons. The maximum Gasteiger partial charge on any atom is 0.230 e. The predicted molar refractivity (Wildman–Crippen MR) is 118 cm³/mol. The molecule has 3 nitrogen and oxygen atoms in total. The number of hydrogen-bond acceptors (Lipinski definition) is 4. The van der Waals surface area contributed by atoms with Gasteiger partial charge in [0, 0.05) is 5.75 Å². The number of benzene rings is 1. The Kier molecular flexibility index (Phi) is 7.10. The van der Waals surface area contributed by atoms with Crippen LogP contribution in [0.2, 0.25) is 18.1 Å². The quantitative estimate of drug-likeness (QED) is 0.473. The molecule has 0 bridgehead atoms. The van der Waals surface area contributed by atoms with E-state index in [2.05, 4.69) is 46.0 Å². The van der Waals surface area contributed by atoms with Crippen LogP contribution < -0.4 is 0 Å². The second-order valence-corrected chi connectivity index (χ2v) is 15.0. The van der Waals surface area contributed by atoms with Crippen molar-refractivity contribution < 1.29 is 9.22 Å². The summed E-state index contributed by atoms with van der Waals surface area (Å²) in [5.41, 5.74) is 1.24. The van der Waals surface area contributed by atoms with Gasteiger partial charge in [-0.15, -0.1) is 0 Å². The fraction of sp³-hybridized carbons (Fsp3) is 0.600. The molecule has 2 rings (SSSR count). The molecule has 26 heavy (non-hydrogen) atoms. The number of carbonyl (C=O) groups excluding carboxylic acids is 1. The summed E-state index contributed by atoms with van der Waals surface area (Å²) in [4.78, 5) is 14.8. The van der Waals surface area contributed by atoms with Crippen molar-refractivity contribution in [2.45, 2.75) is 70.8 Å². The van der Waals surface area contributed by atoms with Gasteiger partial charge in [-0.3, -0.25) is 9.69 Å². The normalized spacial score (nSPS) is 19.7. The Hall–Kier alpha value is -0.693. The highest BCUT2D eigenvalue weighted by molar-refractivity contribution is 8.23. The number of carbonyl (C=O) groups is 1. The van der Waals surface area contributed by atoms with E-state index in [1.165, 1.54) is 5.56 Å². The van der Waals surface area contributed by atoms with Crippen LogP contribution >= 0.6 is 24.0 Å². The molecule has 6 heteroatoms. The largest absolute Gasteiger partial charge is 0.414 e. The van der Waals surface area contributed by atoms with Gasteiger partial charge in [-0.05, 0) is 37.0 Å². The lowest BCUT2D eigenvalue weighted by Crippen LogP contribution is -2.46. The van der Waals surface area contributed by atoms with Gasteiger partial charge in [0.05, 0.1) is 18.6 Å². The second-order valence-electron chi connectivity index (χ2n) is 8.58. The van der Waals surface area contributed by atoms with Crippen molar-refractivity contribution in [2.24, 2.45) is 0 Å².